The zero-order valence-corrected chi connectivity index (χ0v) is 22.2. The molecule has 3 rings (SSSR count). The number of pyridine rings is 1. The van der Waals surface area contributed by atoms with Crippen LogP contribution in [0.15, 0.2) is 18.3 Å². The summed E-state index contributed by atoms with van der Waals surface area (Å²) in [6.07, 6.45) is 2.90. The van der Waals surface area contributed by atoms with Gasteiger partial charge in [-0.25, -0.2) is 15.0 Å². The van der Waals surface area contributed by atoms with Gasteiger partial charge in [-0.2, -0.15) is 11.8 Å². The number of hydrogen-bond acceptors (Lipinski definition) is 8. The van der Waals surface area contributed by atoms with E-state index in [-0.39, 0.29) is 5.95 Å². The molecule has 2 heterocycles. The van der Waals surface area contributed by atoms with Crippen molar-refractivity contribution in [1.29, 1.82) is 0 Å². The first-order valence-electron chi connectivity index (χ1n) is 10.7. The number of methoxy groups -OCH3 is 2. The van der Waals surface area contributed by atoms with Gasteiger partial charge in [0.2, 0.25) is 5.95 Å². The van der Waals surface area contributed by atoms with Crippen molar-refractivity contribution in [2.75, 3.05) is 37.6 Å². The van der Waals surface area contributed by atoms with Crippen molar-refractivity contribution in [3.8, 4) is 22.8 Å². The fourth-order valence-corrected chi connectivity index (χ4v) is 4.26. The molecule has 3 aromatic rings. The summed E-state index contributed by atoms with van der Waals surface area (Å²) >= 11 is 15.0. The van der Waals surface area contributed by atoms with E-state index in [2.05, 4.69) is 43.0 Å². The van der Waals surface area contributed by atoms with Gasteiger partial charge in [0.15, 0.2) is 5.82 Å². The van der Waals surface area contributed by atoms with Crippen LogP contribution in [-0.4, -0.2) is 46.7 Å². The van der Waals surface area contributed by atoms with Gasteiger partial charge in [-0.15, -0.1) is 0 Å². The molecule has 0 radical (unpaired) electrons. The van der Waals surface area contributed by atoms with Crippen LogP contribution < -0.4 is 20.5 Å². The maximum absolute atomic E-state index is 6.59. The predicted octanol–water partition coefficient (Wildman–Crippen LogP) is 6.57. The van der Waals surface area contributed by atoms with E-state index in [1.165, 1.54) is 20.6 Å². The topological polar surface area (TPSA) is 95.2 Å². The van der Waals surface area contributed by atoms with E-state index in [1.807, 2.05) is 17.8 Å². The van der Waals surface area contributed by atoms with Gasteiger partial charge < -0.3 is 20.5 Å². The first-order valence-corrected chi connectivity index (χ1v) is 12.5. The Hall–Kier alpha value is -2.16. The van der Waals surface area contributed by atoms with E-state index in [1.54, 1.807) is 12.3 Å². The van der Waals surface area contributed by atoms with Crippen LogP contribution >= 0.6 is 35.0 Å². The number of nitrogens with zero attached hydrogens (tertiary/aromatic N) is 3. The first-order chi connectivity index (χ1) is 15.8. The van der Waals surface area contributed by atoms with Crippen molar-refractivity contribution in [2.24, 2.45) is 0 Å². The standard InChI is InChI=1S/C20H23Cl2N5O2S.C3H8/c1-10(2)30-6-5-24-19-18-11(9-25-20(23)27-18)7-12(26-19)15-16(21)13(28-3)8-14(29-4)17(15)22;1-3-2/h7-10H,5-6H2,1-4H3,(H,24,26)(H2,23,25,27);3H2,1-2H3. The summed E-state index contributed by atoms with van der Waals surface area (Å²) in [6, 6.07) is 3.45. The number of anilines is 2. The second-order valence-electron chi connectivity index (χ2n) is 7.36. The lowest BCUT2D eigenvalue weighted by molar-refractivity contribution is 0.395. The highest BCUT2D eigenvalue weighted by atomic mass is 35.5. The average molecular weight is 513 g/mol. The summed E-state index contributed by atoms with van der Waals surface area (Å²) in [7, 11) is 3.06. The molecule has 0 bridgehead atoms. The number of benzene rings is 1. The number of halogens is 2. The van der Waals surface area contributed by atoms with Crippen LogP contribution in [-0.2, 0) is 0 Å². The van der Waals surface area contributed by atoms with Crippen LogP contribution in [0, 0.1) is 0 Å². The second kappa shape index (κ2) is 12.9. The van der Waals surface area contributed by atoms with Gasteiger partial charge in [0, 0.05) is 35.5 Å². The van der Waals surface area contributed by atoms with Crippen molar-refractivity contribution in [3.63, 3.8) is 0 Å². The number of nitrogen functional groups attached to an aromatic ring is 1. The fraction of sp³-hybridized carbons (Fsp3) is 0.435. The maximum Gasteiger partial charge on any atom is 0.220 e. The number of thioether (sulfide) groups is 1. The van der Waals surface area contributed by atoms with Crippen LogP contribution in [0.3, 0.4) is 0 Å². The highest BCUT2D eigenvalue weighted by Gasteiger charge is 2.21. The van der Waals surface area contributed by atoms with E-state index in [9.17, 15) is 0 Å². The summed E-state index contributed by atoms with van der Waals surface area (Å²) in [6.45, 7) is 9.28. The van der Waals surface area contributed by atoms with Crippen LogP contribution in [0.25, 0.3) is 22.2 Å². The molecule has 0 spiro atoms. The lowest BCUT2D eigenvalue weighted by Crippen LogP contribution is -2.09. The minimum Gasteiger partial charge on any atom is -0.495 e. The minimum absolute atomic E-state index is 0.177. The Morgan fingerprint density at radius 1 is 1.06 bits per heavy atom. The van der Waals surface area contributed by atoms with Gasteiger partial charge in [-0.05, 0) is 11.3 Å². The molecule has 0 saturated carbocycles. The zero-order valence-electron chi connectivity index (χ0n) is 19.8. The maximum atomic E-state index is 6.59. The van der Waals surface area contributed by atoms with Crippen LogP contribution in [0.1, 0.15) is 34.1 Å². The SMILES string of the molecule is CCC.COc1cc(OC)c(Cl)c(-c2cc3cnc(N)nc3c(NCCSC(C)C)n2)c1Cl. The van der Waals surface area contributed by atoms with E-state index in [0.29, 0.717) is 55.9 Å². The van der Waals surface area contributed by atoms with Gasteiger partial charge in [-0.3, -0.25) is 0 Å². The number of ether oxygens (including phenoxy) is 2. The molecule has 33 heavy (non-hydrogen) atoms. The molecule has 7 nitrogen and oxygen atoms in total. The van der Waals surface area contributed by atoms with Crippen molar-refractivity contribution >= 4 is 57.6 Å². The quantitative estimate of drug-likeness (QED) is 0.327. The molecule has 0 fully saturated rings. The fourth-order valence-electron chi connectivity index (χ4n) is 2.88. The highest BCUT2D eigenvalue weighted by Crippen LogP contribution is 2.46. The minimum atomic E-state index is 0.177. The molecular formula is C23H31Cl2N5O2S. The summed E-state index contributed by atoms with van der Waals surface area (Å²) in [5.74, 6) is 2.54. The van der Waals surface area contributed by atoms with E-state index >= 15 is 0 Å². The third-order valence-electron chi connectivity index (χ3n) is 4.26. The molecule has 2 aromatic heterocycles. The Morgan fingerprint density at radius 2 is 1.67 bits per heavy atom. The van der Waals surface area contributed by atoms with Crippen molar-refractivity contribution in [1.82, 2.24) is 15.0 Å². The molecule has 0 atom stereocenters. The summed E-state index contributed by atoms with van der Waals surface area (Å²) in [5, 5.41) is 5.33. The van der Waals surface area contributed by atoms with Gasteiger partial charge in [0.25, 0.3) is 0 Å². The Morgan fingerprint density at radius 3 is 2.21 bits per heavy atom. The lowest BCUT2D eigenvalue weighted by Gasteiger charge is -2.16. The molecule has 0 aliphatic rings. The van der Waals surface area contributed by atoms with Crippen LogP contribution in [0.2, 0.25) is 10.0 Å². The molecular weight excluding hydrogens is 481 g/mol. The van der Waals surface area contributed by atoms with Gasteiger partial charge in [0.05, 0.1) is 30.0 Å². The summed E-state index contributed by atoms with van der Waals surface area (Å²) in [4.78, 5) is 13.2. The Balaban J connectivity index is 0.00000122. The Bertz CT molecular complexity index is 1050. The predicted molar refractivity (Wildman–Crippen MR) is 142 cm³/mol. The smallest absolute Gasteiger partial charge is 0.220 e. The van der Waals surface area contributed by atoms with Crippen molar-refractivity contribution in [2.45, 2.75) is 39.4 Å². The number of hydrogen-bond donors (Lipinski definition) is 2. The molecule has 0 unspecified atom stereocenters. The normalized spacial score (nSPS) is 10.7. The first kappa shape index (κ1) is 27.1. The second-order valence-corrected chi connectivity index (χ2v) is 9.80. The zero-order chi connectivity index (χ0) is 24.5. The number of rotatable bonds is 8. The van der Waals surface area contributed by atoms with E-state index in [0.717, 1.165) is 11.1 Å². The molecule has 3 N–H and O–H groups in total. The number of nitrogens with one attached hydrogen (secondary N) is 1. The average Bonchev–Trinajstić information content (AvgIpc) is 2.77. The molecule has 1 aromatic carbocycles. The highest BCUT2D eigenvalue weighted by molar-refractivity contribution is 7.99. The van der Waals surface area contributed by atoms with Gasteiger partial charge >= 0.3 is 0 Å². The van der Waals surface area contributed by atoms with Gasteiger partial charge in [-0.1, -0.05) is 57.3 Å². The third-order valence-corrected chi connectivity index (χ3v) is 6.12. The number of nitrogens with two attached hydrogens (primary N) is 1. The largest absolute Gasteiger partial charge is 0.495 e. The van der Waals surface area contributed by atoms with Crippen LogP contribution in [0.4, 0.5) is 11.8 Å². The number of fused-ring (bicyclic) bond motifs is 1. The van der Waals surface area contributed by atoms with E-state index in [4.69, 9.17) is 43.4 Å². The van der Waals surface area contributed by atoms with Gasteiger partial charge in [0.1, 0.15) is 17.0 Å². The monoisotopic (exact) mass is 511 g/mol. The molecule has 0 saturated heterocycles. The van der Waals surface area contributed by atoms with Crippen molar-refractivity contribution in [3.05, 3.63) is 28.4 Å². The molecule has 0 aliphatic heterocycles. The molecule has 10 heteroatoms. The lowest BCUT2D eigenvalue weighted by atomic mass is 10.1. The summed E-state index contributed by atoms with van der Waals surface area (Å²) < 4.78 is 10.8. The van der Waals surface area contributed by atoms with Crippen molar-refractivity contribution < 1.29 is 9.47 Å². The Kier molecular flexibility index (Phi) is 10.6. The third kappa shape index (κ3) is 6.91. The molecule has 0 amide bonds. The molecule has 0 aliphatic carbocycles. The summed E-state index contributed by atoms with van der Waals surface area (Å²) in [5.41, 5.74) is 7.48. The Labute approximate surface area is 209 Å². The van der Waals surface area contributed by atoms with Crippen LogP contribution in [0.5, 0.6) is 11.5 Å². The number of aromatic nitrogens is 3. The molecule has 180 valence electrons. The van der Waals surface area contributed by atoms with E-state index < -0.39 is 0 Å².